The predicted octanol–water partition coefficient (Wildman–Crippen LogP) is 3.25. The van der Waals surface area contributed by atoms with Crippen LogP contribution in [0, 0.1) is 12.7 Å². The average molecular weight is 340 g/mol. The lowest BCUT2D eigenvalue weighted by molar-refractivity contribution is 0.0915. The summed E-state index contributed by atoms with van der Waals surface area (Å²) in [7, 11) is 0. The molecule has 25 heavy (non-hydrogen) atoms. The number of rotatable bonds is 5. The minimum Gasteiger partial charge on any atom is -0.463 e. The highest BCUT2D eigenvalue weighted by atomic mass is 19.1. The zero-order valence-electron chi connectivity index (χ0n) is 13.6. The molecule has 3 rings (SSSR count). The second-order valence-corrected chi connectivity index (χ2v) is 5.58. The number of aromatic nitrogens is 1. The maximum atomic E-state index is 12.9. The summed E-state index contributed by atoms with van der Waals surface area (Å²) in [4.78, 5) is 16.7. The van der Waals surface area contributed by atoms with Crippen LogP contribution in [-0.4, -0.2) is 22.5 Å². The smallest absolute Gasteiger partial charge is 0.253 e. The summed E-state index contributed by atoms with van der Waals surface area (Å²) in [6.07, 6.45) is 0.643. The summed E-state index contributed by atoms with van der Waals surface area (Å²) in [5.41, 5.74) is 2.15. The second-order valence-electron chi connectivity index (χ2n) is 5.58. The molecule has 0 saturated heterocycles. The number of carbonyl (C=O) groups excluding carboxylic acids is 1. The van der Waals surface area contributed by atoms with E-state index in [0.717, 1.165) is 0 Å². The topological polar surface area (TPSA) is 75.4 Å². The van der Waals surface area contributed by atoms with E-state index >= 15 is 0 Å². The molecule has 0 bridgehead atoms. The van der Waals surface area contributed by atoms with Crippen molar-refractivity contribution in [3.63, 3.8) is 0 Å². The molecule has 0 fully saturated rings. The molecule has 1 amide bonds. The van der Waals surface area contributed by atoms with Gasteiger partial charge < -0.3 is 14.8 Å². The summed E-state index contributed by atoms with van der Waals surface area (Å²) in [5.74, 6) is -0.0859. The van der Waals surface area contributed by atoms with Gasteiger partial charge in [-0.1, -0.05) is 12.1 Å². The Bertz CT molecular complexity index is 861. The number of hydrogen-bond acceptors (Lipinski definition) is 4. The van der Waals surface area contributed by atoms with Gasteiger partial charge in [0.05, 0.1) is 23.6 Å². The Hall–Kier alpha value is -2.99. The first-order valence-corrected chi connectivity index (χ1v) is 7.78. The number of amides is 1. The van der Waals surface area contributed by atoms with Gasteiger partial charge in [0, 0.05) is 6.54 Å². The Morgan fingerprint density at radius 3 is 2.64 bits per heavy atom. The lowest BCUT2D eigenvalue weighted by Gasteiger charge is -2.13. The number of aliphatic hydroxyl groups is 1. The summed E-state index contributed by atoms with van der Waals surface area (Å²) < 4.78 is 18.2. The van der Waals surface area contributed by atoms with Crippen molar-refractivity contribution in [2.45, 2.75) is 13.0 Å². The molecule has 0 saturated carbocycles. The molecule has 2 heterocycles. The van der Waals surface area contributed by atoms with E-state index in [1.165, 1.54) is 24.3 Å². The third-order valence-electron chi connectivity index (χ3n) is 3.81. The van der Waals surface area contributed by atoms with Gasteiger partial charge in [-0.2, -0.15) is 0 Å². The van der Waals surface area contributed by atoms with Crippen molar-refractivity contribution >= 4 is 5.91 Å². The van der Waals surface area contributed by atoms with Crippen LogP contribution in [-0.2, 0) is 0 Å². The van der Waals surface area contributed by atoms with Gasteiger partial charge in [0.25, 0.3) is 5.91 Å². The first-order chi connectivity index (χ1) is 12.0. The molecule has 2 aromatic heterocycles. The molecule has 0 aliphatic carbocycles. The molecule has 3 aromatic rings. The standard InChI is InChI=1S/C19H17FN2O3/c1-12-15(8-9-16(22-12)18-3-2-10-25-18)19(24)21-11-17(23)13-4-6-14(20)7-5-13/h2-10,17,23H,11H2,1H3,(H,21,24). The highest BCUT2D eigenvalue weighted by molar-refractivity contribution is 5.95. The Morgan fingerprint density at radius 2 is 2.00 bits per heavy atom. The maximum Gasteiger partial charge on any atom is 0.253 e. The van der Waals surface area contributed by atoms with E-state index in [1.54, 1.807) is 37.5 Å². The van der Waals surface area contributed by atoms with E-state index < -0.39 is 6.10 Å². The molecule has 0 aliphatic rings. The first-order valence-electron chi connectivity index (χ1n) is 7.78. The van der Waals surface area contributed by atoms with Crippen molar-refractivity contribution in [3.8, 4) is 11.5 Å². The Labute approximate surface area is 144 Å². The molecule has 2 N–H and O–H groups in total. The lowest BCUT2D eigenvalue weighted by Crippen LogP contribution is -2.29. The highest BCUT2D eigenvalue weighted by Crippen LogP contribution is 2.19. The average Bonchev–Trinajstić information content (AvgIpc) is 3.14. The molecule has 0 spiro atoms. The van der Waals surface area contributed by atoms with E-state index in [9.17, 15) is 14.3 Å². The molecule has 6 heteroatoms. The van der Waals surface area contributed by atoms with Crippen LogP contribution in [0.3, 0.4) is 0 Å². The highest BCUT2D eigenvalue weighted by Gasteiger charge is 2.14. The number of hydrogen-bond donors (Lipinski definition) is 2. The molecule has 128 valence electrons. The third-order valence-corrected chi connectivity index (χ3v) is 3.81. The number of benzene rings is 1. The van der Waals surface area contributed by atoms with E-state index in [-0.39, 0.29) is 18.3 Å². The molecule has 5 nitrogen and oxygen atoms in total. The van der Waals surface area contributed by atoms with Crippen LogP contribution < -0.4 is 5.32 Å². The SMILES string of the molecule is Cc1nc(-c2ccco2)ccc1C(=O)NCC(O)c1ccc(F)cc1. The Balaban J connectivity index is 1.66. The van der Waals surface area contributed by atoms with Gasteiger partial charge in [-0.05, 0) is 48.9 Å². The lowest BCUT2D eigenvalue weighted by atomic mass is 10.1. The van der Waals surface area contributed by atoms with Crippen molar-refractivity contribution in [1.82, 2.24) is 10.3 Å². The van der Waals surface area contributed by atoms with Gasteiger partial charge in [0.15, 0.2) is 5.76 Å². The molecule has 1 atom stereocenters. The zero-order valence-corrected chi connectivity index (χ0v) is 13.6. The van der Waals surface area contributed by atoms with Gasteiger partial charge in [-0.25, -0.2) is 9.37 Å². The Morgan fingerprint density at radius 1 is 1.24 bits per heavy atom. The molecular formula is C19H17FN2O3. The number of aryl methyl sites for hydroxylation is 1. The predicted molar refractivity (Wildman–Crippen MR) is 90.4 cm³/mol. The van der Waals surface area contributed by atoms with Crippen molar-refractivity contribution in [2.24, 2.45) is 0 Å². The van der Waals surface area contributed by atoms with Crippen molar-refractivity contribution in [3.05, 3.63) is 77.4 Å². The van der Waals surface area contributed by atoms with Gasteiger partial charge in [0.1, 0.15) is 11.5 Å². The van der Waals surface area contributed by atoms with Crippen LogP contribution in [0.15, 0.2) is 59.2 Å². The number of aliphatic hydroxyl groups excluding tert-OH is 1. The van der Waals surface area contributed by atoms with Crippen molar-refractivity contribution < 1.29 is 18.7 Å². The number of carbonyl (C=O) groups is 1. The number of nitrogens with one attached hydrogen (secondary N) is 1. The van der Waals surface area contributed by atoms with Crippen LogP contribution in [0.2, 0.25) is 0 Å². The fourth-order valence-electron chi connectivity index (χ4n) is 2.45. The number of furan rings is 1. The molecule has 0 radical (unpaired) electrons. The third kappa shape index (κ3) is 3.92. The number of halogens is 1. The zero-order chi connectivity index (χ0) is 17.8. The minimum atomic E-state index is -0.916. The summed E-state index contributed by atoms with van der Waals surface area (Å²) in [5, 5.41) is 12.7. The van der Waals surface area contributed by atoms with Gasteiger partial charge in [0.2, 0.25) is 0 Å². The molecular weight excluding hydrogens is 323 g/mol. The quantitative estimate of drug-likeness (QED) is 0.747. The fourth-order valence-corrected chi connectivity index (χ4v) is 2.45. The molecule has 1 aromatic carbocycles. The number of pyridine rings is 1. The summed E-state index contributed by atoms with van der Waals surface area (Å²) >= 11 is 0. The summed E-state index contributed by atoms with van der Waals surface area (Å²) in [6, 6.07) is 12.4. The van der Waals surface area contributed by atoms with E-state index in [1.807, 2.05) is 0 Å². The normalized spacial score (nSPS) is 12.0. The van der Waals surface area contributed by atoms with Crippen LogP contribution in [0.5, 0.6) is 0 Å². The monoisotopic (exact) mass is 340 g/mol. The van der Waals surface area contributed by atoms with Gasteiger partial charge in [-0.15, -0.1) is 0 Å². The Kier molecular flexibility index (Phi) is 4.90. The summed E-state index contributed by atoms with van der Waals surface area (Å²) in [6.45, 7) is 1.75. The minimum absolute atomic E-state index is 0.0177. The second kappa shape index (κ2) is 7.27. The van der Waals surface area contributed by atoms with Crippen LogP contribution >= 0.6 is 0 Å². The van der Waals surface area contributed by atoms with Gasteiger partial charge >= 0.3 is 0 Å². The van der Waals surface area contributed by atoms with Crippen molar-refractivity contribution in [1.29, 1.82) is 0 Å². The van der Waals surface area contributed by atoms with Crippen LogP contribution in [0.4, 0.5) is 4.39 Å². The van der Waals surface area contributed by atoms with Crippen molar-refractivity contribution in [2.75, 3.05) is 6.54 Å². The number of nitrogens with zero attached hydrogens (tertiary/aromatic N) is 1. The maximum absolute atomic E-state index is 12.9. The van der Waals surface area contributed by atoms with Gasteiger partial charge in [-0.3, -0.25) is 4.79 Å². The molecule has 0 aliphatic heterocycles. The largest absolute Gasteiger partial charge is 0.463 e. The first kappa shape index (κ1) is 16.9. The van der Waals surface area contributed by atoms with E-state index in [4.69, 9.17) is 4.42 Å². The molecule has 1 unspecified atom stereocenters. The van der Waals surface area contributed by atoms with E-state index in [0.29, 0.717) is 28.3 Å². The fraction of sp³-hybridized carbons (Fsp3) is 0.158. The van der Waals surface area contributed by atoms with Crippen LogP contribution in [0.1, 0.15) is 27.7 Å². The van der Waals surface area contributed by atoms with E-state index in [2.05, 4.69) is 10.3 Å². The van der Waals surface area contributed by atoms with Crippen LogP contribution in [0.25, 0.3) is 11.5 Å².